The molecule has 0 aliphatic carbocycles. The number of benzene rings is 2. The van der Waals surface area contributed by atoms with Crippen LogP contribution in [0.4, 0.5) is 34.8 Å². The number of aliphatic carboxylic acids is 1. The molecule has 10 nitrogen and oxygen atoms in total. The predicted molar refractivity (Wildman–Crippen MR) is 142 cm³/mol. The zero-order valence-electron chi connectivity index (χ0n) is 21.8. The summed E-state index contributed by atoms with van der Waals surface area (Å²) in [5.74, 6) is -4.24. The van der Waals surface area contributed by atoms with Gasteiger partial charge in [-0.05, 0) is 61.9 Å². The molecule has 0 saturated carbocycles. The van der Waals surface area contributed by atoms with Crippen molar-refractivity contribution in [1.82, 2.24) is 4.98 Å². The van der Waals surface area contributed by atoms with E-state index in [1.165, 1.54) is 17.8 Å². The van der Waals surface area contributed by atoms with Crippen molar-refractivity contribution in [2.75, 3.05) is 34.2 Å². The number of aryl methyl sites for hydroxylation is 1. The highest BCUT2D eigenvalue weighted by molar-refractivity contribution is 7.92. The summed E-state index contributed by atoms with van der Waals surface area (Å²) in [4.78, 5) is 29.2. The second-order valence-electron chi connectivity index (χ2n) is 9.09. The first-order valence-electron chi connectivity index (χ1n) is 12.0. The van der Waals surface area contributed by atoms with Gasteiger partial charge in [-0.2, -0.15) is 13.2 Å². The minimum Gasteiger partial charge on any atom is -0.478 e. The lowest BCUT2D eigenvalue weighted by atomic mass is 10.1. The molecule has 1 aromatic heterocycles. The van der Waals surface area contributed by atoms with E-state index in [1.807, 2.05) is 24.0 Å². The van der Waals surface area contributed by atoms with Gasteiger partial charge in [-0.15, -0.1) is 0 Å². The van der Waals surface area contributed by atoms with E-state index in [-0.39, 0.29) is 28.0 Å². The first kappa shape index (κ1) is 31.1. The molecule has 1 aliphatic heterocycles. The van der Waals surface area contributed by atoms with Gasteiger partial charge in [0.25, 0.3) is 10.0 Å². The second kappa shape index (κ2) is 12.4. The Kier molecular flexibility index (Phi) is 9.42. The molecular formula is C26H26F4N4O6S. The Hall–Kier alpha value is -4.40. The summed E-state index contributed by atoms with van der Waals surface area (Å²) in [7, 11) is -4.03. The summed E-state index contributed by atoms with van der Waals surface area (Å²) in [6.45, 7) is 5.91. The molecule has 0 bridgehead atoms. The standard InChI is InChI=1S/C24H25FN4O4S.C2HF3O2/c1-16-4-3-5-20(12-16)29-11-10-28(15-17(29)2)23-22(24(30)31)13-19(14-26-23)27-34(32,33)21-8-6-18(25)7-9-21;3-2(4,5)1(6)7/h3-9,12-14,17,27H,10-11,15H2,1-2H3,(H,30,31);(H,6,7). The molecule has 1 fully saturated rings. The molecule has 1 unspecified atom stereocenters. The van der Waals surface area contributed by atoms with Gasteiger partial charge in [-0.25, -0.2) is 27.4 Å². The van der Waals surface area contributed by atoms with E-state index in [0.717, 1.165) is 30.0 Å². The molecule has 15 heteroatoms. The van der Waals surface area contributed by atoms with Gasteiger partial charge in [0.1, 0.15) is 17.2 Å². The first-order chi connectivity index (χ1) is 19.1. The Bertz CT molecular complexity index is 1520. The number of sulfonamides is 1. The fourth-order valence-corrected chi connectivity index (χ4v) is 5.12. The zero-order chi connectivity index (χ0) is 30.5. The maximum absolute atomic E-state index is 13.1. The van der Waals surface area contributed by atoms with E-state index in [0.29, 0.717) is 19.6 Å². The van der Waals surface area contributed by atoms with Gasteiger partial charge in [0.2, 0.25) is 0 Å². The third kappa shape index (κ3) is 8.06. The monoisotopic (exact) mass is 598 g/mol. The molecule has 41 heavy (non-hydrogen) atoms. The van der Waals surface area contributed by atoms with E-state index in [2.05, 4.69) is 33.7 Å². The minimum atomic E-state index is -5.08. The van der Waals surface area contributed by atoms with Crippen LogP contribution in [0.2, 0.25) is 0 Å². The molecule has 1 atom stereocenters. The van der Waals surface area contributed by atoms with Crippen molar-refractivity contribution < 1.29 is 45.8 Å². The van der Waals surface area contributed by atoms with E-state index in [9.17, 15) is 35.9 Å². The zero-order valence-corrected chi connectivity index (χ0v) is 22.6. The molecule has 4 rings (SSSR count). The van der Waals surface area contributed by atoms with Crippen LogP contribution in [0.3, 0.4) is 0 Å². The molecule has 0 spiro atoms. The molecule has 0 radical (unpaired) electrons. The van der Waals surface area contributed by atoms with Crippen LogP contribution in [-0.4, -0.2) is 67.4 Å². The number of hydrogen-bond donors (Lipinski definition) is 3. The van der Waals surface area contributed by atoms with Crippen LogP contribution >= 0.6 is 0 Å². The Morgan fingerprint density at radius 2 is 1.68 bits per heavy atom. The second-order valence-corrected chi connectivity index (χ2v) is 10.8. The summed E-state index contributed by atoms with van der Waals surface area (Å²) in [5, 5.41) is 16.9. The van der Waals surface area contributed by atoms with Crippen LogP contribution in [0.1, 0.15) is 22.8 Å². The smallest absolute Gasteiger partial charge is 0.478 e. The Balaban J connectivity index is 0.000000587. The lowest BCUT2D eigenvalue weighted by molar-refractivity contribution is -0.192. The molecule has 3 N–H and O–H groups in total. The molecule has 0 amide bonds. The fourth-order valence-electron chi connectivity index (χ4n) is 4.09. The van der Waals surface area contributed by atoms with Crippen LogP contribution in [0.15, 0.2) is 65.7 Å². The van der Waals surface area contributed by atoms with E-state index in [4.69, 9.17) is 9.90 Å². The van der Waals surface area contributed by atoms with Gasteiger partial charge in [0.15, 0.2) is 0 Å². The fraction of sp³-hybridized carbons (Fsp3) is 0.269. The number of rotatable bonds is 6. The van der Waals surface area contributed by atoms with Gasteiger partial charge in [-0.3, -0.25) is 4.72 Å². The average molecular weight is 599 g/mol. The number of nitrogens with zero attached hydrogens (tertiary/aromatic N) is 3. The predicted octanol–water partition coefficient (Wildman–Crippen LogP) is 4.38. The number of hydrogen-bond acceptors (Lipinski definition) is 7. The van der Waals surface area contributed by atoms with Crippen LogP contribution in [-0.2, 0) is 14.8 Å². The third-order valence-electron chi connectivity index (χ3n) is 5.98. The number of carbonyl (C=O) groups is 2. The Labute approximate surface area is 232 Å². The van der Waals surface area contributed by atoms with Crippen molar-refractivity contribution >= 4 is 39.2 Å². The van der Waals surface area contributed by atoms with Gasteiger partial charge >= 0.3 is 18.1 Å². The number of carboxylic acids is 2. The summed E-state index contributed by atoms with van der Waals surface area (Å²) in [6.07, 6.45) is -3.79. The van der Waals surface area contributed by atoms with Gasteiger partial charge in [0, 0.05) is 31.4 Å². The van der Waals surface area contributed by atoms with Gasteiger partial charge < -0.3 is 20.0 Å². The number of nitrogens with one attached hydrogen (secondary N) is 1. The highest BCUT2D eigenvalue weighted by Crippen LogP contribution is 2.28. The van der Waals surface area contributed by atoms with Crippen molar-refractivity contribution in [3.63, 3.8) is 0 Å². The third-order valence-corrected chi connectivity index (χ3v) is 7.37. The maximum Gasteiger partial charge on any atom is 0.490 e. The average Bonchev–Trinajstić information content (AvgIpc) is 2.88. The largest absolute Gasteiger partial charge is 0.490 e. The number of halogens is 4. The number of pyridine rings is 1. The van der Waals surface area contributed by atoms with Crippen LogP contribution in [0, 0.1) is 12.7 Å². The summed E-state index contributed by atoms with van der Waals surface area (Å²) in [5.41, 5.74) is 2.19. The van der Waals surface area contributed by atoms with Crippen molar-refractivity contribution in [3.05, 3.63) is 77.7 Å². The number of piperazine rings is 1. The molecular weight excluding hydrogens is 572 g/mol. The van der Waals surface area contributed by atoms with Crippen molar-refractivity contribution in [2.24, 2.45) is 0 Å². The summed E-state index contributed by atoms with van der Waals surface area (Å²) >= 11 is 0. The molecule has 3 aromatic rings. The van der Waals surface area contributed by atoms with Crippen molar-refractivity contribution in [3.8, 4) is 0 Å². The number of anilines is 3. The molecule has 2 heterocycles. The number of aromatic carboxylic acids is 1. The van der Waals surface area contributed by atoms with E-state index >= 15 is 0 Å². The van der Waals surface area contributed by atoms with Crippen LogP contribution in [0.25, 0.3) is 0 Å². The number of carboxylic acid groups (broad SMARTS) is 2. The van der Waals surface area contributed by atoms with E-state index < -0.39 is 34.0 Å². The number of alkyl halides is 3. The summed E-state index contributed by atoms with van der Waals surface area (Å²) in [6, 6.07) is 13.9. The molecule has 220 valence electrons. The Morgan fingerprint density at radius 1 is 1.05 bits per heavy atom. The van der Waals surface area contributed by atoms with Crippen molar-refractivity contribution in [1.29, 1.82) is 0 Å². The quantitative estimate of drug-likeness (QED) is 0.353. The first-order valence-corrected chi connectivity index (χ1v) is 13.5. The molecule has 1 saturated heterocycles. The SMILES string of the molecule is Cc1cccc(N2CCN(c3ncc(NS(=O)(=O)c4ccc(F)cc4)cc3C(=O)O)CC2C)c1.O=C(O)C(F)(F)F. The van der Waals surface area contributed by atoms with E-state index in [1.54, 1.807) is 0 Å². The Morgan fingerprint density at radius 3 is 2.22 bits per heavy atom. The highest BCUT2D eigenvalue weighted by Gasteiger charge is 2.38. The number of aromatic nitrogens is 1. The molecule has 1 aliphatic rings. The maximum atomic E-state index is 13.1. The molecule has 2 aromatic carbocycles. The normalized spacial score (nSPS) is 15.5. The van der Waals surface area contributed by atoms with Crippen LogP contribution in [0.5, 0.6) is 0 Å². The minimum absolute atomic E-state index is 0.0110. The van der Waals surface area contributed by atoms with Gasteiger partial charge in [0.05, 0.1) is 16.8 Å². The summed E-state index contributed by atoms with van der Waals surface area (Å²) < 4.78 is 72.4. The van der Waals surface area contributed by atoms with Gasteiger partial charge in [-0.1, -0.05) is 12.1 Å². The van der Waals surface area contributed by atoms with Crippen LogP contribution < -0.4 is 14.5 Å². The lowest BCUT2D eigenvalue weighted by Crippen LogP contribution is -2.52. The highest BCUT2D eigenvalue weighted by atomic mass is 32.2. The van der Waals surface area contributed by atoms with Crippen molar-refractivity contribution in [2.45, 2.75) is 31.0 Å². The lowest BCUT2D eigenvalue weighted by Gasteiger charge is -2.42. The topological polar surface area (TPSA) is 140 Å².